The van der Waals surface area contributed by atoms with Gasteiger partial charge in [-0.25, -0.2) is 0 Å². The summed E-state index contributed by atoms with van der Waals surface area (Å²) in [6.45, 7) is 0.199. The van der Waals surface area contributed by atoms with Crippen LogP contribution in [-0.4, -0.2) is 71.2 Å². The first-order chi connectivity index (χ1) is 11.0. The van der Waals surface area contributed by atoms with Crippen LogP contribution < -0.4 is 16.0 Å². The van der Waals surface area contributed by atoms with Gasteiger partial charge in [0, 0.05) is 18.1 Å². The Morgan fingerprint density at radius 3 is 2.35 bits per heavy atom. The van der Waals surface area contributed by atoms with Gasteiger partial charge in [0.25, 0.3) is 0 Å². The van der Waals surface area contributed by atoms with E-state index < -0.39 is 29.9 Å². The number of thiol groups is 2. The van der Waals surface area contributed by atoms with Crippen molar-refractivity contribution in [2.45, 2.75) is 31.0 Å². The van der Waals surface area contributed by atoms with E-state index in [1.807, 2.05) is 0 Å². The van der Waals surface area contributed by atoms with Crippen LogP contribution in [0.15, 0.2) is 0 Å². The molecule has 0 unspecified atom stereocenters. The largest absolute Gasteiger partial charge is 0.345 e. The molecular weight excluding hydrogens is 340 g/mol. The van der Waals surface area contributed by atoms with Crippen LogP contribution >= 0.6 is 25.3 Å². The summed E-state index contributed by atoms with van der Waals surface area (Å²) < 4.78 is 0. The number of hydrogen-bond acceptors (Lipinski definition) is 6. The van der Waals surface area contributed by atoms with Gasteiger partial charge in [0.2, 0.25) is 23.6 Å². The van der Waals surface area contributed by atoms with Gasteiger partial charge >= 0.3 is 0 Å². The lowest BCUT2D eigenvalue weighted by Crippen LogP contribution is -2.59. The van der Waals surface area contributed by atoms with Crippen LogP contribution in [0.5, 0.6) is 0 Å². The summed E-state index contributed by atoms with van der Waals surface area (Å²) in [4.78, 5) is 50.3. The number of nitrogens with one attached hydrogen (secondary N) is 3. The number of carbonyl (C=O) groups excluding carboxylic acids is 4. The molecule has 128 valence electrons. The maximum atomic E-state index is 12.6. The fourth-order valence-corrected chi connectivity index (χ4v) is 3.19. The van der Waals surface area contributed by atoms with Gasteiger partial charge < -0.3 is 20.9 Å². The van der Waals surface area contributed by atoms with Gasteiger partial charge in [-0.3, -0.25) is 19.2 Å². The maximum Gasteiger partial charge on any atom is 0.246 e. The molecule has 2 heterocycles. The molecule has 23 heavy (non-hydrogen) atoms. The molecule has 10 heteroatoms. The second-order valence-electron chi connectivity index (χ2n) is 5.45. The van der Waals surface area contributed by atoms with Crippen molar-refractivity contribution in [1.82, 2.24) is 20.9 Å². The third kappa shape index (κ3) is 4.11. The number of amides is 4. The molecule has 2 fully saturated rings. The molecule has 0 aromatic rings. The number of fused-ring (bicyclic) bond motifs is 1. The molecule has 3 N–H and O–H groups in total. The minimum absolute atomic E-state index is 0.0747. The molecule has 0 bridgehead atoms. The molecule has 0 aromatic heterocycles. The SMILES string of the molecule is O=C1CNC(=O)[C@@H]2CCCN2C(=O)[C@H](CS)NC(=O)[C@H](CS)N1. The standard InChI is InChI=1S/C13H20N4O4S2/c18-10-4-14-12(20)9-2-1-3-17(9)13(21)8(6-23)16-11(19)7(5-22)15-10/h7-9,22-23H,1-6H2,(H,14,20)(H,15,18)(H,16,19)/t7-,8-,9-/m0/s1. The Bertz CT molecular complexity index is 516. The minimum atomic E-state index is -0.883. The third-order valence-electron chi connectivity index (χ3n) is 3.89. The Labute approximate surface area is 144 Å². The minimum Gasteiger partial charge on any atom is -0.345 e. The first kappa shape index (κ1) is 17.9. The van der Waals surface area contributed by atoms with E-state index in [1.54, 1.807) is 0 Å². The Balaban J connectivity index is 2.26. The molecule has 2 rings (SSSR count). The van der Waals surface area contributed by atoms with E-state index in [0.29, 0.717) is 19.4 Å². The summed E-state index contributed by atoms with van der Waals surface area (Å²) in [5.74, 6) is -1.50. The molecule has 0 aliphatic carbocycles. The molecule has 0 aromatic carbocycles. The lowest BCUT2D eigenvalue weighted by Gasteiger charge is -2.29. The highest BCUT2D eigenvalue weighted by Crippen LogP contribution is 2.19. The van der Waals surface area contributed by atoms with Gasteiger partial charge in [-0.1, -0.05) is 0 Å². The van der Waals surface area contributed by atoms with E-state index >= 15 is 0 Å². The van der Waals surface area contributed by atoms with E-state index in [0.717, 1.165) is 0 Å². The van der Waals surface area contributed by atoms with Crippen LogP contribution in [0.3, 0.4) is 0 Å². The van der Waals surface area contributed by atoms with Crippen molar-refractivity contribution in [2.75, 3.05) is 24.6 Å². The van der Waals surface area contributed by atoms with Crippen LogP contribution in [-0.2, 0) is 19.2 Å². The maximum absolute atomic E-state index is 12.6. The lowest BCUT2D eigenvalue weighted by molar-refractivity contribution is -0.142. The molecule has 2 aliphatic rings. The predicted molar refractivity (Wildman–Crippen MR) is 89.3 cm³/mol. The molecule has 3 atom stereocenters. The van der Waals surface area contributed by atoms with Gasteiger partial charge in [-0.05, 0) is 12.8 Å². The average Bonchev–Trinajstić information content (AvgIpc) is 3.03. The highest BCUT2D eigenvalue weighted by molar-refractivity contribution is 7.80. The quantitative estimate of drug-likeness (QED) is 0.365. The molecule has 0 spiro atoms. The summed E-state index contributed by atoms with van der Waals surface area (Å²) in [7, 11) is 0. The highest BCUT2D eigenvalue weighted by Gasteiger charge is 2.38. The Morgan fingerprint density at radius 1 is 1.00 bits per heavy atom. The van der Waals surface area contributed by atoms with Gasteiger partial charge in [0.15, 0.2) is 0 Å². The molecule has 8 nitrogen and oxygen atoms in total. The second kappa shape index (κ2) is 7.91. The highest BCUT2D eigenvalue weighted by atomic mass is 32.1. The van der Waals surface area contributed by atoms with E-state index in [-0.39, 0.29) is 29.9 Å². The van der Waals surface area contributed by atoms with Crippen LogP contribution in [0, 0.1) is 0 Å². The summed E-state index contributed by atoms with van der Waals surface area (Å²) in [6, 6.07) is -2.35. The fraction of sp³-hybridized carbons (Fsp3) is 0.692. The Morgan fingerprint density at radius 2 is 1.70 bits per heavy atom. The number of hydrogen-bond donors (Lipinski definition) is 5. The van der Waals surface area contributed by atoms with Gasteiger partial charge in [-0.2, -0.15) is 25.3 Å². The van der Waals surface area contributed by atoms with Crippen molar-refractivity contribution >= 4 is 48.9 Å². The van der Waals surface area contributed by atoms with Crippen LogP contribution in [0.4, 0.5) is 0 Å². The van der Waals surface area contributed by atoms with Crippen molar-refractivity contribution in [3.63, 3.8) is 0 Å². The second-order valence-corrected chi connectivity index (χ2v) is 6.18. The van der Waals surface area contributed by atoms with Crippen LogP contribution in [0.25, 0.3) is 0 Å². The van der Waals surface area contributed by atoms with Gasteiger partial charge in [0.1, 0.15) is 18.1 Å². The zero-order valence-corrected chi connectivity index (χ0v) is 14.2. The molecule has 0 radical (unpaired) electrons. The zero-order chi connectivity index (χ0) is 17.0. The average molecular weight is 360 g/mol. The van der Waals surface area contributed by atoms with Crippen molar-refractivity contribution in [2.24, 2.45) is 0 Å². The van der Waals surface area contributed by atoms with E-state index in [1.165, 1.54) is 4.90 Å². The molecule has 2 saturated heterocycles. The summed E-state index contributed by atoms with van der Waals surface area (Å²) in [6.07, 6.45) is 1.23. The lowest BCUT2D eigenvalue weighted by atomic mass is 10.1. The molecule has 2 aliphatic heterocycles. The van der Waals surface area contributed by atoms with Gasteiger partial charge in [0.05, 0.1) is 6.54 Å². The van der Waals surface area contributed by atoms with Crippen molar-refractivity contribution in [1.29, 1.82) is 0 Å². The Hall–Kier alpha value is -1.42. The Kier molecular flexibility index (Phi) is 6.17. The van der Waals surface area contributed by atoms with Crippen LogP contribution in [0.2, 0.25) is 0 Å². The topological polar surface area (TPSA) is 108 Å². The normalized spacial score (nSPS) is 29.8. The van der Waals surface area contributed by atoms with Gasteiger partial charge in [-0.15, -0.1) is 0 Å². The summed E-state index contributed by atoms with van der Waals surface area (Å²) in [5.41, 5.74) is 0. The monoisotopic (exact) mass is 360 g/mol. The van der Waals surface area contributed by atoms with E-state index in [9.17, 15) is 19.2 Å². The predicted octanol–water partition coefficient (Wildman–Crippen LogP) is -2.06. The van der Waals surface area contributed by atoms with E-state index in [2.05, 4.69) is 41.2 Å². The molecule has 4 amide bonds. The van der Waals surface area contributed by atoms with E-state index in [4.69, 9.17) is 0 Å². The number of carbonyl (C=O) groups is 4. The molecule has 0 saturated carbocycles. The number of nitrogens with zero attached hydrogens (tertiary/aromatic N) is 1. The van der Waals surface area contributed by atoms with Crippen molar-refractivity contribution in [3.05, 3.63) is 0 Å². The summed E-state index contributed by atoms with van der Waals surface area (Å²) in [5, 5.41) is 7.58. The molecular formula is C13H20N4O4S2. The zero-order valence-electron chi connectivity index (χ0n) is 12.4. The first-order valence-electron chi connectivity index (χ1n) is 7.37. The number of rotatable bonds is 2. The summed E-state index contributed by atoms with van der Waals surface area (Å²) >= 11 is 8.15. The van der Waals surface area contributed by atoms with Crippen molar-refractivity contribution < 1.29 is 19.2 Å². The third-order valence-corrected chi connectivity index (χ3v) is 4.62. The van der Waals surface area contributed by atoms with Crippen LogP contribution in [0.1, 0.15) is 12.8 Å². The fourth-order valence-electron chi connectivity index (χ4n) is 2.69. The van der Waals surface area contributed by atoms with Crippen molar-refractivity contribution in [3.8, 4) is 0 Å². The first-order valence-corrected chi connectivity index (χ1v) is 8.64. The smallest absolute Gasteiger partial charge is 0.246 e.